The van der Waals surface area contributed by atoms with Gasteiger partial charge in [0.25, 0.3) is 0 Å². The number of hydrogen-bond acceptors (Lipinski definition) is 3. The molecule has 2 bridgehead atoms. The summed E-state index contributed by atoms with van der Waals surface area (Å²) in [6.45, 7) is 8.01. The zero-order valence-electron chi connectivity index (χ0n) is 12.5. The normalized spacial score (nSPS) is 31.6. The van der Waals surface area contributed by atoms with Crippen LogP contribution in [0.1, 0.15) is 48.7 Å². The van der Waals surface area contributed by atoms with Gasteiger partial charge in [-0.15, -0.1) is 0 Å². The summed E-state index contributed by atoms with van der Waals surface area (Å²) in [5.41, 5.74) is 3.60. The summed E-state index contributed by atoms with van der Waals surface area (Å²) in [6.07, 6.45) is 2.19. The molecule has 3 nitrogen and oxygen atoms in total. The van der Waals surface area contributed by atoms with E-state index >= 15 is 0 Å². The molecule has 1 N–H and O–H groups in total. The van der Waals surface area contributed by atoms with Gasteiger partial charge < -0.3 is 10.1 Å². The van der Waals surface area contributed by atoms with E-state index in [4.69, 9.17) is 4.74 Å². The Bertz CT molecular complexity index is 540. The number of piperidine rings is 1. The Hall–Kier alpha value is -1.35. The molecule has 3 atom stereocenters. The van der Waals surface area contributed by atoms with E-state index in [-0.39, 0.29) is 11.4 Å². The van der Waals surface area contributed by atoms with Crippen LogP contribution in [0.5, 0.6) is 0 Å². The van der Waals surface area contributed by atoms with E-state index in [1.165, 1.54) is 11.1 Å². The van der Waals surface area contributed by atoms with Crippen LogP contribution in [0, 0.1) is 5.92 Å². The fourth-order valence-corrected chi connectivity index (χ4v) is 3.86. The molecule has 2 aliphatic rings. The van der Waals surface area contributed by atoms with Gasteiger partial charge in [-0.25, -0.2) is 4.79 Å². The molecule has 0 aromatic heterocycles. The van der Waals surface area contributed by atoms with Gasteiger partial charge in [0, 0.05) is 6.04 Å². The molecule has 1 fully saturated rings. The summed E-state index contributed by atoms with van der Waals surface area (Å²) in [5, 5.41) is 3.63. The molecule has 1 saturated heterocycles. The molecule has 1 heterocycles. The first-order valence-corrected chi connectivity index (χ1v) is 7.60. The molecule has 3 heteroatoms. The number of carbonyl (C=O) groups excluding carboxylic acids is 1. The highest BCUT2D eigenvalue weighted by molar-refractivity contribution is 5.89. The molecule has 2 unspecified atom stereocenters. The van der Waals surface area contributed by atoms with Crippen molar-refractivity contribution in [2.24, 2.45) is 5.92 Å². The Labute approximate surface area is 120 Å². The highest BCUT2D eigenvalue weighted by Crippen LogP contribution is 2.46. The molecule has 1 aromatic rings. The molecule has 3 rings (SSSR count). The van der Waals surface area contributed by atoms with Crippen LogP contribution >= 0.6 is 0 Å². The van der Waals surface area contributed by atoms with E-state index in [0.29, 0.717) is 24.1 Å². The van der Waals surface area contributed by atoms with Gasteiger partial charge in [0.05, 0.1) is 12.2 Å². The van der Waals surface area contributed by atoms with Crippen molar-refractivity contribution in [1.82, 2.24) is 5.32 Å². The molecular weight excluding hydrogens is 250 g/mol. The average molecular weight is 273 g/mol. The number of hydrogen-bond donors (Lipinski definition) is 1. The lowest BCUT2D eigenvalue weighted by atomic mass is 9.59. The first-order chi connectivity index (χ1) is 9.56. The van der Waals surface area contributed by atoms with Crippen molar-refractivity contribution in [2.75, 3.05) is 13.2 Å². The van der Waals surface area contributed by atoms with E-state index in [9.17, 15) is 4.79 Å². The van der Waals surface area contributed by atoms with Crippen LogP contribution in [0.3, 0.4) is 0 Å². The number of fused-ring (bicyclic) bond motifs is 4. The first-order valence-electron chi connectivity index (χ1n) is 7.60. The number of ether oxygens (including phenoxy) is 1. The minimum absolute atomic E-state index is 0.173. The predicted molar refractivity (Wildman–Crippen MR) is 79.0 cm³/mol. The van der Waals surface area contributed by atoms with Gasteiger partial charge in [0.2, 0.25) is 0 Å². The van der Waals surface area contributed by atoms with Gasteiger partial charge >= 0.3 is 5.97 Å². The summed E-state index contributed by atoms with van der Waals surface area (Å²) >= 11 is 0. The molecule has 0 saturated carbocycles. The zero-order valence-corrected chi connectivity index (χ0v) is 12.5. The van der Waals surface area contributed by atoms with Gasteiger partial charge in [-0.2, -0.15) is 0 Å². The zero-order chi connectivity index (χ0) is 14.3. The van der Waals surface area contributed by atoms with Crippen molar-refractivity contribution in [3.8, 4) is 0 Å². The summed E-state index contributed by atoms with van der Waals surface area (Å²) in [6, 6.07) is 6.66. The van der Waals surface area contributed by atoms with Crippen LogP contribution in [-0.4, -0.2) is 25.2 Å². The summed E-state index contributed by atoms with van der Waals surface area (Å²) < 4.78 is 5.13. The molecular formula is C17H23NO2. The van der Waals surface area contributed by atoms with Crippen LogP contribution in [0.4, 0.5) is 0 Å². The predicted octanol–water partition coefficient (Wildman–Crippen LogP) is 2.68. The standard InChI is InChI=1S/C17H23NO2/c1-4-20-16(19)13-6-5-12-10-15-11(2)17(3,7-8-18-15)14(12)9-13/h5-6,9,11,15,18H,4,7-8,10H2,1-3H3/t11?,15-,17?/m1/s1. The quantitative estimate of drug-likeness (QED) is 0.842. The van der Waals surface area contributed by atoms with E-state index in [1.54, 1.807) is 0 Å². The monoisotopic (exact) mass is 273 g/mol. The van der Waals surface area contributed by atoms with Crippen molar-refractivity contribution in [1.29, 1.82) is 0 Å². The Balaban J connectivity index is 2.04. The Morgan fingerprint density at radius 2 is 2.30 bits per heavy atom. The minimum atomic E-state index is -0.206. The van der Waals surface area contributed by atoms with Crippen LogP contribution in [0.2, 0.25) is 0 Å². The van der Waals surface area contributed by atoms with Gasteiger partial charge in [-0.1, -0.05) is 19.9 Å². The maximum absolute atomic E-state index is 12.0. The van der Waals surface area contributed by atoms with Crippen LogP contribution in [0.25, 0.3) is 0 Å². The summed E-state index contributed by atoms with van der Waals surface area (Å²) in [7, 11) is 0. The van der Waals surface area contributed by atoms with Crippen molar-refractivity contribution >= 4 is 5.97 Å². The van der Waals surface area contributed by atoms with Crippen molar-refractivity contribution in [3.63, 3.8) is 0 Å². The number of benzene rings is 1. The third-order valence-electron chi connectivity index (χ3n) is 5.34. The number of nitrogens with one attached hydrogen (secondary N) is 1. The molecule has 20 heavy (non-hydrogen) atoms. The molecule has 0 radical (unpaired) electrons. The molecule has 0 amide bonds. The molecule has 1 aliphatic carbocycles. The van der Waals surface area contributed by atoms with Crippen molar-refractivity contribution < 1.29 is 9.53 Å². The lowest BCUT2D eigenvalue weighted by Crippen LogP contribution is -2.56. The number of carbonyl (C=O) groups is 1. The average Bonchev–Trinajstić information content (AvgIpc) is 2.42. The van der Waals surface area contributed by atoms with Crippen molar-refractivity contribution in [2.45, 2.75) is 45.1 Å². The summed E-state index contributed by atoms with van der Waals surface area (Å²) in [4.78, 5) is 12.0. The second-order valence-electron chi connectivity index (χ2n) is 6.31. The fraction of sp³-hybridized carbons (Fsp3) is 0.588. The topological polar surface area (TPSA) is 38.3 Å². The van der Waals surface area contributed by atoms with Gasteiger partial charge in [0.15, 0.2) is 0 Å². The molecule has 1 aromatic carbocycles. The first kappa shape index (κ1) is 13.6. The third kappa shape index (κ3) is 1.96. The van der Waals surface area contributed by atoms with Crippen molar-refractivity contribution in [3.05, 3.63) is 34.9 Å². The SMILES string of the molecule is CCOC(=O)c1ccc2c(c1)C1(C)CCN[C@H](C2)C1C. The Kier molecular flexibility index (Phi) is 3.33. The molecule has 1 aliphatic heterocycles. The highest BCUT2D eigenvalue weighted by atomic mass is 16.5. The number of rotatable bonds is 2. The van der Waals surface area contributed by atoms with E-state index in [0.717, 1.165) is 19.4 Å². The molecule has 108 valence electrons. The molecule has 0 spiro atoms. The van der Waals surface area contributed by atoms with E-state index in [1.807, 2.05) is 13.0 Å². The lowest BCUT2D eigenvalue weighted by molar-refractivity contribution is 0.0525. The second-order valence-corrected chi connectivity index (χ2v) is 6.31. The van der Waals surface area contributed by atoms with E-state index < -0.39 is 0 Å². The van der Waals surface area contributed by atoms with Crippen LogP contribution in [0.15, 0.2) is 18.2 Å². The summed E-state index contributed by atoms with van der Waals surface area (Å²) in [5.74, 6) is 0.392. The number of esters is 1. The Morgan fingerprint density at radius 1 is 1.50 bits per heavy atom. The van der Waals surface area contributed by atoms with Crippen LogP contribution in [-0.2, 0) is 16.6 Å². The minimum Gasteiger partial charge on any atom is -0.462 e. The van der Waals surface area contributed by atoms with Gasteiger partial charge in [-0.05, 0) is 60.9 Å². The third-order valence-corrected chi connectivity index (χ3v) is 5.34. The smallest absolute Gasteiger partial charge is 0.338 e. The van der Waals surface area contributed by atoms with E-state index in [2.05, 4.69) is 31.3 Å². The highest BCUT2D eigenvalue weighted by Gasteiger charge is 2.45. The Morgan fingerprint density at radius 3 is 3.05 bits per heavy atom. The fourth-order valence-electron chi connectivity index (χ4n) is 3.86. The lowest BCUT2D eigenvalue weighted by Gasteiger charge is -2.50. The maximum Gasteiger partial charge on any atom is 0.338 e. The van der Waals surface area contributed by atoms with Crippen LogP contribution < -0.4 is 5.32 Å². The van der Waals surface area contributed by atoms with Gasteiger partial charge in [-0.3, -0.25) is 0 Å². The second kappa shape index (κ2) is 4.88. The maximum atomic E-state index is 12.0. The largest absolute Gasteiger partial charge is 0.462 e. The van der Waals surface area contributed by atoms with Gasteiger partial charge in [0.1, 0.15) is 0 Å².